The molecule has 3 aromatic carbocycles. The maximum atomic E-state index is 12.0. The molecule has 0 radical (unpaired) electrons. The number of hydrogen-bond donors (Lipinski definition) is 3. The van der Waals surface area contributed by atoms with E-state index in [2.05, 4.69) is 32.1 Å². The summed E-state index contributed by atoms with van der Waals surface area (Å²) in [6.45, 7) is -0.231. The van der Waals surface area contributed by atoms with Gasteiger partial charge in [-0.3, -0.25) is 25.8 Å². The third-order valence-corrected chi connectivity index (χ3v) is 4.79. The predicted octanol–water partition coefficient (Wildman–Crippen LogP) is 3.32. The van der Waals surface area contributed by atoms with Crippen LogP contribution in [0.1, 0.15) is 10.4 Å². The van der Waals surface area contributed by atoms with Gasteiger partial charge in [0.05, 0.1) is 4.47 Å². The molecular formula is C20H16BrN3O3S. The van der Waals surface area contributed by atoms with Crippen molar-refractivity contribution in [1.82, 2.24) is 16.2 Å². The Hall–Kier alpha value is -2.97. The number of fused-ring (bicyclic) bond motifs is 1. The molecule has 8 heteroatoms. The van der Waals surface area contributed by atoms with Crippen molar-refractivity contribution in [2.24, 2.45) is 0 Å². The number of hydrazine groups is 1. The molecule has 0 atom stereocenters. The van der Waals surface area contributed by atoms with Crippen LogP contribution in [0.5, 0.6) is 5.75 Å². The van der Waals surface area contributed by atoms with Gasteiger partial charge in [0.1, 0.15) is 5.75 Å². The fourth-order valence-corrected chi connectivity index (χ4v) is 3.21. The van der Waals surface area contributed by atoms with Crippen LogP contribution in [-0.2, 0) is 4.79 Å². The average molecular weight is 458 g/mol. The Labute approximate surface area is 175 Å². The van der Waals surface area contributed by atoms with Crippen LogP contribution >= 0.6 is 28.1 Å². The van der Waals surface area contributed by atoms with Crippen molar-refractivity contribution in [2.75, 3.05) is 6.61 Å². The topological polar surface area (TPSA) is 79.5 Å². The first-order chi connectivity index (χ1) is 13.5. The molecule has 0 unspecified atom stereocenters. The molecule has 3 N–H and O–H groups in total. The van der Waals surface area contributed by atoms with Gasteiger partial charge in [-0.25, -0.2) is 0 Å². The lowest BCUT2D eigenvalue weighted by molar-refractivity contribution is -0.121. The van der Waals surface area contributed by atoms with E-state index in [-0.39, 0.29) is 17.6 Å². The number of hydrogen-bond acceptors (Lipinski definition) is 4. The summed E-state index contributed by atoms with van der Waals surface area (Å²) in [6.07, 6.45) is 0. The van der Waals surface area contributed by atoms with Crippen LogP contribution in [0, 0.1) is 0 Å². The van der Waals surface area contributed by atoms with Crippen molar-refractivity contribution in [3.8, 4) is 5.75 Å². The van der Waals surface area contributed by atoms with Crippen molar-refractivity contribution in [3.05, 3.63) is 76.8 Å². The molecule has 0 fully saturated rings. The summed E-state index contributed by atoms with van der Waals surface area (Å²) in [4.78, 5) is 23.9. The highest BCUT2D eigenvalue weighted by atomic mass is 79.9. The van der Waals surface area contributed by atoms with Crippen LogP contribution in [0.15, 0.2) is 71.2 Å². The lowest BCUT2D eigenvalue weighted by Gasteiger charge is -2.12. The lowest BCUT2D eigenvalue weighted by Crippen LogP contribution is -2.49. The number of amides is 2. The van der Waals surface area contributed by atoms with Crippen LogP contribution in [0.3, 0.4) is 0 Å². The molecule has 3 aromatic rings. The van der Waals surface area contributed by atoms with E-state index in [1.807, 2.05) is 36.4 Å². The summed E-state index contributed by atoms with van der Waals surface area (Å²) in [5.74, 6) is -0.273. The summed E-state index contributed by atoms with van der Waals surface area (Å²) in [5.41, 5.74) is 5.36. The average Bonchev–Trinajstić information content (AvgIpc) is 2.72. The molecule has 0 saturated carbocycles. The van der Waals surface area contributed by atoms with E-state index >= 15 is 0 Å². The van der Waals surface area contributed by atoms with Crippen LogP contribution in [0.2, 0.25) is 0 Å². The minimum Gasteiger partial charge on any atom is -0.483 e. The molecule has 0 aliphatic rings. The van der Waals surface area contributed by atoms with Crippen molar-refractivity contribution in [3.63, 3.8) is 0 Å². The Morgan fingerprint density at radius 2 is 1.64 bits per heavy atom. The van der Waals surface area contributed by atoms with E-state index in [0.29, 0.717) is 11.3 Å². The smallest absolute Gasteiger partial charge is 0.269 e. The van der Waals surface area contributed by atoms with Gasteiger partial charge in [0.2, 0.25) is 0 Å². The predicted molar refractivity (Wildman–Crippen MR) is 115 cm³/mol. The zero-order valence-electron chi connectivity index (χ0n) is 14.6. The Morgan fingerprint density at radius 3 is 2.43 bits per heavy atom. The third kappa shape index (κ3) is 5.05. The van der Waals surface area contributed by atoms with Crippen LogP contribution < -0.4 is 20.9 Å². The fraction of sp³-hybridized carbons (Fsp3) is 0.0500. The number of halogens is 1. The number of carbonyl (C=O) groups is 2. The third-order valence-electron chi connectivity index (χ3n) is 3.77. The van der Waals surface area contributed by atoms with Crippen LogP contribution in [0.4, 0.5) is 0 Å². The number of ether oxygens (including phenoxy) is 1. The van der Waals surface area contributed by atoms with E-state index in [9.17, 15) is 9.59 Å². The van der Waals surface area contributed by atoms with Gasteiger partial charge < -0.3 is 4.74 Å². The first-order valence-electron chi connectivity index (χ1n) is 8.30. The molecule has 0 spiro atoms. The standard InChI is InChI=1S/C20H16BrN3O3S/c21-18-15-9-5-4-6-13(15)10-11-16(18)27-12-17(25)22-20(28)24-23-19(26)14-7-2-1-3-8-14/h1-11H,12H2,(H,23,26)(H2,22,24,25,28). The largest absolute Gasteiger partial charge is 0.483 e. The molecule has 0 aliphatic heterocycles. The lowest BCUT2D eigenvalue weighted by atomic mass is 10.1. The molecular weight excluding hydrogens is 442 g/mol. The normalized spacial score (nSPS) is 10.2. The van der Waals surface area contributed by atoms with Crippen LogP contribution in [0.25, 0.3) is 10.8 Å². The molecule has 3 rings (SSSR count). The number of carbonyl (C=O) groups excluding carboxylic acids is 2. The Kier molecular flexibility index (Phi) is 6.57. The van der Waals surface area contributed by atoms with E-state index in [1.165, 1.54) is 0 Å². The van der Waals surface area contributed by atoms with Gasteiger partial charge in [0.25, 0.3) is 11.8 Å². The van der Waals surface area contributed by atoms with E-state index in [0.717, 1.165) is 15.2 Å². The summed E-state index contributed by atoms with van der Waals surface area (Å²) < 4.78 is 6.34. The van der Waals surface area contributed by atoms with E-state index in [1.54, 1.807) is 30.3 Å². The molecule has 142 valence electrons. The summed E-state index contributed by atoms with van der Waals surface area (Å²) in [7, 11) is 0. The Balaban J connectivity index is 1.48. The molecule has 0 saturated heterocycles. The van der Waals surface area contributed by atoms with Gasteiger partial charge in [-0.15, -0.1) is 0 Å². The van der Waals surface area contributed by atoms with Crippen molar-refractivity contribution >= 4 is 55.8 Å². The molecule has 0 bridgehead atoms. The maximum absolute atomic E-state index is 12.0. The second-order valence-electron chi connectivity index (χ2n) is 5.71. The minimum absolute atomic E-state index is 0.0320. The first kappa shape index (κ1) is 19.8. The highest BCUT2D eigenvalue weighted by Gasteiger charge is 2.10. The Morgan fingerprint density at radius 1 is 0.929 bits per heavy atom. The Bertz CT molecular complexity index is 1030. The van der Waals surface area contributed by atoms with Gasteiger partial charge >= 0.3 is 0 Å². The van der Waals surface area contributed by atoms with Crippen molar-refractivity contribution in [1.29, 1.82) is 0 Å². The van der Waals surface area contributed by atoms with Gasteiger partial charge in [0.15, 0.2) is 11.7 Å². The highest BCUT2D eigenvalue weighted by molar-refractivity contribution is 9.10. The summed E-state index contributed by atoms with van der Waals surface area (Å²) in [5, 5.41) is 4.46. The maximum Gasteiger partial charge on any atom is 0.269 e. The molecule has 2 amide bonds. The van der Waals surface area contributed by atoms with Gasteiger partial charge in [-0.2, -0.15) is 0 Å². The van der Waals surface area contributed by atoms with Gasteiger partial charge in [-0.05, 0) is 57.1 Å². The monoisotopic (exact) mass is 457 g/mol. The summed E-state index contributed by atoms with van der Waals surface area (Å²) in [6, 6.07) is 20.2. The van der Waals surface area contributed by atoms with Crippen molar-refractivity contribution in [2.45, 2.75) is 0 Å². The fourth-order valence-electron chi connectivity index (χ4n) is 2.44. The number of rotatable bonds is 4. The molecule has 0 aliphatic carbocycles. The van der Waals surface area contributed by atoms with E-state index < -0.39 is 5.91 Å². The number of thiocarbonyl (C=S) groups is 1. The van der Waals surface area contributed by atoms with Crippen molar-refractivity contribution < 1.29 is 14.3 Å². The minimum atomic E-state index is -0.452. The molecule has 0 aromatic heterocycles. The van der Waals surface area contributed by atoms with Gasteiger partial charge in [0, 0.05) is 5.56 Å². The SMILES string of the molecule is O=C(COc1ccc2ccccc2c1Br)NC(=S)NNC(=O)c1ccccc1. The zero-order chi connectivity index (χ0) is 19.9. The van der Waals surface area contributed by atoms with Crippen LogP contribution in [-0.4, -0.2) is 23.5 Å². The molecule has 6 nitrogen and oxygen atoms in total. The van der Waals surface area contributed by atoms with Gasteiger partial charge in [-0.1, -0.05) is 48.5 Å². The highest BCUT2D eigenvalue weighted by Crippen LogP contribution is 2.32. The molecule has 0 heterocycles. The zero-order valence-corrected chi connectivity index (χ0v) is 17.0. The number of benzene rings is 3. The second kappa shape index (κ2) is 9.29. The summed E-state index contributed by atoms with van der Waals surface area (Å²) >= 11 is 8.50. The number of nitrogens with one attached hydrogen (secondary N) is 3. The van der Waals surface area contributed by atoms with E-state index in [4.69, 9.17) is 17.0 Å². The molecule has 28 heavy (non-hydrogen) atoms. The quantitative estimate of drug-likeness (QED) is 0.413. The first-order valence-corrected chi connectivity index (χ1v) is 9.50. The second-order valence-corrected chi connectivity index (χ2v) is 6.91.